The smallest absolute Gasteiger partial charge is 0.0831 e. The van der Waals surface area contributed by atoms with Crippen LogP contribution in [0.5, 0.6) is 0 Å². The molecule has 0 aliphatic carbocycles. The van der Waals surface area contributed by atoms with E-state index < -0.39 is 0 Å². The fourth-order valence-electron chi connectivity index (χ4n) is 1.75. The number of methoxy groups -OCH3 is 1. The van der Waals surface area contributed by atoms with Gasteiger partial charge in [0.15, 0.2) is 0 Å². The predicted octanol–water partition coefficient (Wildman–Crippen LogP) is -0.714. The fourth-order valence-corrected chi connectivity index (χ4v) is 1.75. The summed E-state index contributed by atoms with van der Waals surface area (Å²) in [6, 6.07) is 0.578. The van der Waals surface area contributed by atoms with E-state index in [1.807, 2.05) is 7.05 Å². The SMILES string of the molecule is COCC(C)N(C)C1CNCC1O. The van der Waals surface area contributed by atoms with Crippen LogP contribution in [0.25, 0.3) is 0 Å². The van der Waals surface area contributed by atoms with Crippen molar-refractivity contribution in [3.63, 3.8) is 0 Å². The molecule has 3 atom stereocenters. The third kappa shape index (κ3) is 2.64. The third-order valence-electron chi connectivity index (χ3n) is 2.78. The van der Waals surface area contributed by atoms with E-state index in [0.717, 1.165) is 6.54 Å². The number of likely N-dealkylation sites (N-methyl/N-ethyl adjacent to an activating group) is 1. The summed E-state index contributed by atoms with van der Waals surface area (Å²) < 4.78 is 5.08. The Morgan fingerprint density at radius 3 is 2.77 bits per heavy atom. The van der Waals surface area contributed by atoms with E-state index in [4.69, 9.17) is 4.74 Å². The Hall–Kier alpha value is -0.160. The Balaban J connectivity index is 2.40. The van der Waals surface area contributed by atoms with Crippen LogP contribution in [-0.2, 0) is 4.74 Å². The van der Waals surface area contributed by atoms with Gasteiger partial charge in [-0.05, 0) is 14.0 Å². The van der Waals surface area contributed by atoms with Crippen molar-refractivity contribution in [1.82, 2.24) is 10.2 Å². The number of β-amino-alcohol motifs (C(OH)–C–C–N with tert-alkyl or cyclic N) is 1. The number of nitrogens with zero attached hydrogens (tertiary/aromatic N) is 1. The molecule has 0 bridgehead atoms. The van der Waals surface area contributed by atoms with E-state index in [2.05, 4.69) is 17.1 Å². The summed E-state index contributed by atoms with van der Waals surface area (Å²) in [7, 11) is 3.73. The molecule has 1 saturated heterocycles. The van der Waals surface area contributed by atoms with Crippen LogP contribution in [0.15, 0.2) is 0 Å². The van der Waals surface area contributed by atoms with E-state index in [0.29, 0.717) is 19.2 Å². The second-order valence-electron chi connectivity index (χ2n) is 3.76. The highest BCUT2D eigenvalue weighted by Crippen LogP contribution is 2.10. The van der Waals surface area contributed by atoms with Gasteiger partial charge in [-0.15, -0.1) is 0 Å². The molecule has 2 N–H and O–H groups in total. The van der Waals surface area contributed by atoms with Gasteiger partial charge in [-0.2, -0.15) is 0 Å². The first-order valence-electron chi connectivity index (χ1n) is 4.76. The van der Waals surface area contributed by atoms with E-state index in [-0.39, 0.29) is 12.1 Å². The third-order valence-corrected chi connectivity index (χ3v) is 2.78. The lowest BCUT2D eigenvalue weighted by atomic mass is 10.1. The lowest BCUT2D eigenvalue weighted by Gasteiger charge is -2.31. The summed E-state index contributed by atoms with van der Waals surface area (Å²) in [6.45, 7) is 4.38. The van der Waals surface area contributed by atoms with Gasteiger partial charge in [0.1, 0.15) is 0 Å². The Kier molecular flexibility index (Phi) is 4.12. The Morgan fingerprint density at radius 2 is 2.31 bits per heavy atom. The average molecular weight is 188 g/mol. The zero-order valence-electron chi connectivity index (χ0n) is 8.66. The number of nitrogens with one attached hydrogen (secondary N) is 1. The van der Waals surface area contributed by atoms with Gasteiger partial charge in [-0.3, -0.25) is 4.90 Å². The largest absolute Gasteiger partial charge is 0.390 e. The van der Waals surface area contributed by atoms with Crippen molar-refractivity contribution in [2.75, 3.05) is 33.9 Å². The number of rotatable bonds is 4. The van der Waals surface area contributed by atoms with E-state index in [9.17, 15) is 5.11 Å². The maximum atomic E-state index is 9.63. The van der Waals surface area contributed by atoms with E-state index in [1.54, 1.807) is 7.11 Å². The molecule has 1 fully saturated rings. The summed E-state index contributed by atoms with van der Waals surface area (Å²) in [6.07, 6.45) is -0.246. The second-order valence-corrected chi connectivity index (χ2v) is 3.76. The summed E-state index contributed by atoms with van der Waals surface area (Å²) in [5.41, 5.74) is 0. The minimum absolute atomic E-state index is 0.227. The van der Waals surface area contributed by atoms with Crippen molar-refractivity contribution in [3.05, 3.63) is 0 Å². The Bertz CT molecular complexity index is 155. The van der Waals surface area contributed by atoms with Crippen LogP contribution < -0.4 is 5.32 Å². The zero-order valence-corrected chi connectivity index (χ0v) is 8.66. The van der Waals surface area contributed by atoms with Gasteiger partial charge >= 0.3 is 0 Å². The number of ether oxygens (including phenoxy) is 1. The van der Waals surface area contributed by atoms with Crippen molar-refractivity contribution in [2.45, 2.75) is 25.1 Å². The summed E-state index contributed by atoms with van der Waals surface area (Å²) >= 11 is 0. The molecule has 0 saturated carbocycles. The monoisotopic (exact) mass is 188 g/mol. The molecule has 3 unspecified atom stereocenters. The van der Waals surface area contributed by atoms with Gasteiger partial charge in [-0.25, -0.2) is 0 Å². The lowest BCUT2D eigenvalue weighted by Crippen LogP contribution is -2.46. The van der Waals surface area contributed by atoms with Crippen LogP contribution in [0, 0.1) is 0 Å². The van der Waals surface area contributed by atoms with Crippen LogP contribution in [-0.4, -0.2) is 62.0 Å². The van der Waals surface area contributed by atoms with Crippen molar-refractivity contribution in [2.24, 2.45) is 0 Å². The highest BCUT2D eigenvalue weighted by atomic mass is 16.5. The Morgan fingerprint density at radius 1 is 1.62 bits per heavy atom. The molecule has 0 radical (unpaired) electrons. The van der Waals surface area contributed by atoms with Crippen LogP contribution in [0.3, 0.4) is 0 Å². The topological polar surface area (TPSA) is 44.7 Å². The number of hydrogen-bond donors (Lipinski definition) is 2. The van der Waals surface area contributed by atoms with Crippen molar-refractivity contribution in [1.29, 1.82) is 0 Å². The first-order chi connectivity index (χ1) is 6.16. The van der Waals surface area contributed by atoms with E-state index >= 15 is 0 Å². The molecule has 0 aromatic carbocycles. The van der Waals surface area contributed by atoms with Crippen LogP contribution in [0.1, 0.15) is 6.92 Å². The van der Waals surface area contributed by atoms with Gasteiger partial charge in [-0.1, -0.05) is 0 Å². The molecule has 1 heterocycles. The molecule has 13 heavy (non-hydrogen) atoms. The molecule has 0 amide bonds. The summed E-state index contributed by atoms with van der Waals surface area (Å²) in [5, 5.41) is 12.8. The predicted molar refractivity (Wildman–Crippen MR) is 51.8 cm³/mol. The molecule has 4 nitrogen and oxygen atoms in total. The maximum absolute atomic E-state index is 9.63. The van der Waals surface area contributed by atoms with Crippen LogP contribution >= 0.6 is 0 Å². The molecule has 0 spiro atoms. The number of aliphatic hydroxyl groups excluding tert-OH is 1. The molecular formula is C9H20N2O2. The number of aliphatic hydroxyl groups is 1. The minimum Gasteiger partial charge on any atom is -0.390 e. The van der Waals surface area contributed by atoms with Gasteiger partial charge in [0.25, 0.3) is 0 Å². The van der Waals surface area contributed by atoms with Crippen molar-refractivity contribution >= 4 is 0 Å². The molecule has 4 heteroatoms. The normalized spacial score (nSPS) is 31.2. The van der Waals surface area contributed by atoms with Gasteiger partial charge in [0, 0.05) is 32.3 Å². The standard InChI is InChI=1S/C9H20N2O2/c1-7(6-13-3)11(2)8-4-10-5-9(8)12/h7-10,12H,4-6H2,1-3H3. The Labute approximate surface area is 79.9 Å². The van der Waals surface area contributed by atoms with E-state index in [1.165, 1.54) is 0 Å². The molecule has 0 aromatic heterocycles. The zero-order chi connectivity index (χ0) is 9.84. The first kappa shape index (κ1) is 10.9. The van der Waals surface area contributed by atoms with Gasteiger partial charge in [0.2, 0.25) is 0 Å². The van der Waals surface area contributed by atoms with Crippen LogP contribution in [0.4, 0.5) is 0 Å². The van der Waals surface area contributed by atoms with Gasteiger partial charge < -0.3 is 15.2 Å². The summed E-state index contributed by atoms with van der Waals surface area (Å²) in [4.78, 5) is 2.17. The first-order valence-corrected chi connectivity index (χ1v) is 4.76. The average Bonchev–Trinajstić information content (AvgIpc) is 2.50. The highest BCUT2D eigenvalue weighted by molar-refractivity contribution is 4.88. The molecule has 0 aromatic rings. The molecule has 78 valence electrons. The van der Waals surface area contributed by atoms with Crippen LogP contribution in [0.2, 0.25) is 0 Å². The lowest BCUT2D eigenvalue weighted by molar-refractivity contribution is 0.0454. The quantitative estimate of drug-likeness (QED) is 0.611. The maximum Gasteiger partial charge on any atom is 0.0831 e. The molecule has 1 aliphatic heterocycles. The van der Waals surface area contributed by atoms with Crippen molar-refractivity contribution < 1.29 is 9.84 Å². The second kappa shape index (κ2) is 4.91. The number of hydrogen-bond acceptors (Lipinski definition) is 4. The highest BCUT2D eigenvalue weighted by Gasteiger charge is 2.30. The molecular weight excluding hydrogens is 168 g/mol. The molecule has 1 rings (SSSR count). The van der Waals surface area contributed by atoms with Crippen molar-refractivity contribution in [3.8, 4) is 0 Å². The fraction of sp³-hybridized carbons (Fsp3) is 1.00. The molecule has 1 aliphatic rings. The minimum atomic E-state index is -0.246. The summed E-state index contributed by atoms with van der Waals surface area (Å²) in [5.74, 6) is 0. The van der Waals surface area contributed by atoms with Gasteiger partial charge in [0.05, 0.1) is 12.7 Å².